The maximum atomic E-state index is 12.6. The topological polar surface area (TPSA) is 110 Å². The normalized spacial score (nSPS) is 21.6. The lowest BCUT2D eigenvalue weighted by atomic mass is 10.1. The number of nitrogens with zero attached hydrogens (tertiary/aromatic N) is 4. The van der Waals surface area contributed by atoms with Gasteiger partial charge in [-0.25, -0.2) is 0 Å². The molecule has 6 rings (SSSR count). The van der Waals surface area contributed by atoms with Crippen LogP contribution in [0.15, 0.2) is 60.7 Å². The summed E-state index contributed by atoms with van der Waals surface area (Å²) in [5.41, 5.74) is 2.44. The molecule has 2 aromatic heterocycles. The molecule has 2 unspecified atom stereocenters. The van der Waals surface area contributed by atoms with Crippen LogP contribution in [-0.4, -0.2) is 32.2 Å². The van der Waals surface area contributed by atoms with Gasteiger partial charge in [0.15, 0.2) is 0 Å². The fraction of sp³-hybridized carbons (Fsp3) is 0.357. The predicted molar refractivity (Wildman–Crippen MR) is 148 cm³/mol. The molecule has 2 aliphatic rings. The van der Waals surface area contributed by atoms with Crippen molar-refractivity contribution in [3.63, 3.8) is 0 Å². The predicted octanol–water partition coefficient (Wildman–Crippen LogP) is 5.44. The van der Waals surface area contributed by atoms with Crippen LogP contribution in [0, 0.1) is 11.8 Å². The fourth-order valence-corrected chi connectivity index (χ4v) is 6.43. The van der Waals surface area contributed by atoms with E-state index < -0.39 is 0 Å². The van der Waals surface area contributed by atoms with Crippen LogP contribution in [0.1, 0.15) is 58.7 Å². The second-order valence-electron chi connectivity index (χ2n) is 9.91. The van der Waals surface area contributed by atoms with E-state index in [0.29, 0.717) is 22.1 Å². The van der Waals surface area contributed by atoms with E-state index in [2.05, 4.69) is 55.3 Å². The van der Waals surface area contributed by atoms with E-state index in [9.17, 15) is 9.59 Å². The standard InChI is InChI=1S/C28H28N6O2S2/c35-25(21-15-19(21)17-9-3-1-4-10-17)29-27-33-31-23(37-27)13-7-8-14-24-32-34-28(38-24)30-26(36)22-16-20(22)18-11-5-2-6-12-18/h1-6,9-12,19-22H,7-8,13-16H2,(H,29,33,35)(H,30,34,36)/t19?,20?,21-,22+. The van der Waals surface area contributed by atoms with Gasteiger partial charge in [0.05, 0.1) is 0 Å². The molecule has 8 nitrogen and oxygen atoms in total. The Morgan fingerprint density at radius 3 is 1.50 bits per heavy atom. The molecule has 2 aromatic carbocycles. The number of nitrogens with one attached hydrogen (secondary N) is 2. The van der Waals surface area contributed by atoms with Crippen LogP contribution in [0.3, 0.4) is 0 Å². The number of aryl methyl sites for hydroxylation is 2. The number of carbonyl (C=O) groups is 2. The van der Waals surface area contributed by atoms with Gasteiger partial charge < -0.3 is 10.6 Å². The first-order chi connectivity index (χ1) is 18.6. The highest BCUT2D eigenvalue weighted by atomic mass is 32.1. The summed E-state index contributed by atoms with van der Waals surface area (Å²) >= 11 is 2.88. The van der Waals surface area contributed by atoms with Crippen LogP contribution in [0.25, 0.3) is 0 Å². The molecule has 2 heterocycles. The SMILES string of the molecule is O=C(Nc1nnc(CCCCc2nnc(NC(=O)[C@@H]3CC3c3ccccc3)s2)s1)[C@H]1CC1c1ccccc1. The third-order valence-corrected chi connectivity index (χ3v) is 8.93. The molecule has 0 spiro atoms. The Bertz CT molecular complexity index is 1300. The second-order valence-corrected chi connectivity index (χ2v) is 12.0. The van der Waals surface area contributed by atoms with E-state index in [1.165, 1.54) is 33.8 Å². The molecule has 2 amide bonds. The summed E-state index contributed by atoms with van der Waals surface area (Å²) < 4.78 is 0. The van der Waals surface area contributed by atoms with E-state index >= 15 is 0 Å². The zero-order valence-corrected chi connectivity index (χ0v) is 22.4. The molecule has 2 aliphatic carbocycles. The van der Waals surface area contributed by atoms with E-state index in [1.807, 2.05) is 36.4 Å². The summed E-state index contributed by atoms with van der Waals surface area (Å²) in [5.74, 6) is 0.688. The summed E-state index contributed by atoms with van der Waals surface area (Å²) in [6.45, 7) is 0. The van der Waals surface area contributed by atoms with Gasteiger partial charge in [-0.3, -0.25) is 9.59 Å². The Kier molecular flexibility index (Phi) is 7.24. The Morgan fingerprint density at radius 1 is 0.658 bits per heavy atom. The zero-order chi connectivity index (χ0) is 25.9. The van der Waals surface area contributed by atoms with E-state index in [-0.39, 0.29) is 23.7 Å². The van der Waals surface area contributed by atoms with Crippen molar-refractivity contribution >= 4 is 44.8 Å². The van der Waals surface area contributed by atoms with Crippen LogP contribution < -0.4 is 10.6 Å². The Hall–Kier alpha value is -3.50. The summed E-state index contributed by atoms with van der Waals surface area (Å²) in [6.07, 6.45) is 5.23. The van der Waals surface area contributed by atoms with Crippen molar-refractivity contribution < 1.29 is 9.59 Å². The number of unbranched alkanes of at least 4 members (excludes halogenated alkanes) is 1. The summed E-state index contributed by atoms with van der Waals surface area (Å²) in [7, 11) is 0. The van der Waals surface area contributed by atoms with Crippen molar-refractivity contribution in [2.75, 3.05) is 10.6 Å². The maximum Gasteiger partial charge on any atom is 0.229 e. The van der Waals surface area contributed by atoms with E-state index in [4.69, 9.17) is 0 Å². The first kappa shape index (κ1) is 24.8. The highest BCUT2D eigenvalue weighted by molar-refractivity contribution is 7.15. The van der Waals surface area contributed by atoms with Crippen LogP contribution in [-0.2, 0) is 22.4 Å². The van der Waals surface area contributed by atoms with Gasteiger partial charge in [0.2, 0.25) is 22.1 Å². The lowest BCUT2D eigenvalue weighted by Gasteiger charge is -2.01. The molecule has 0 radical (unpaired) electrons. The third-order valence-electron chi connectivity index (χ3n) is 7.14. The Labute approximate surface area is 228 Å². The molecule has 0 saturated heterocycles. The second kappa shape index (κ2) is 11.1. The van der Waals surface area contributed by atoms with Crippen molar-refractivity contribution in [1.82, 2.24) is 20.4 Å². The number of hydrogen-bond acceptors (Lipinski definition) is 8. The molecule has 10 heteroatoms. The molecule has 194 valence electrons. The number of carbonyl (C=O) groups excluding carboxylic acids is 2. The average molecular weight is 545 g/mol. The van der Waals surface area contributed by atoms with Crippen LogP contribution in [0.4, 0.5) is 10.3 Å². The molecule has 4 atom stereocenters. The molecule has 4 aromatic rings. The summed E-state index contributed by atoms with van der Waals surface area (Å²) in [6, 6.07) is 20.3. The number of aromatic nitrogens is 4. The Balaban J connectivity index is 0.897. The largest absolute Gasteiger partial charge is 0.300 e. The van der Waals surface area contributed by atoms with Gasteiger partial charge in [0.25, 0.3) is 0 Å². The Morgan fingerprint density at radius 2 is 1.08 bits per heavy atom. The van der Waals surface area contributed by atoms with Crippen molar-refractivity contribution in [2.45, 2.75) is 50.4 Å². The van der Waals surface area contributed by atoms with Gasteiger partial charge in [-0.2, -0.15) is 0 Å². The minimum Gasteiger partial charge on any atom is -0.300 e. The van der Waals surface area contributed by atoms with Gasteiger partial charge in [-0.1, -0.05) is 83.3 Å². The molecule has 2 saturated carbocycles. The molecular formula is C28H28N6O2S2. The number of anilines is 2. The lowest BCUT2D eigenvalue weighted by Crippen LogP contribution is -2.14. The number of benzene rings is 2. The van der Waals surface area contributed by atoms with Crippen LogP contribution in [0.5, 0.6) is 0 Å². The van der Waals surface area contributed by atoms with Gasteiger partial charge in [0, 0.05) is 24.7 Å². The van der Waals surface area contributed by atoms with Crippen LogP contribution in [0.2, 0.25) is 0 Å². The lowest BCUT2D eigenvalue weighted by molar-refractivity contribution is -0.118. The van der Waals surface area contributed by atoms with Crippen molar-refractivity contribution in [2.24, 2.45) is 11.8 Å². The van der Waals surface area contributed by atoms with Crippen LogP contribution >= 0.6 is 22.7 Å². The van der Waals surface area contributed by atoms with Crippen molar-refractivity contribution in [1.29, 1.82) is 0 Å². The number of hydrogen-bond donors (Lipinski definition) is 2. The molecule has 0 bridgehead atoms. The van der Waals surface area contributed by atoms with E-state index in [1.54, 1.807) is 0 Å². The summed E-state index contributed by atoms with van der Waals surface area (Å²) in [5, 5.41) is 25.6. The van der Waals surface area contributed by atoms with Gasteiger partial charge >= 0.3 is 0 Å². The van der Waals surface area contributed by atoms with E-state index in [0.717, 1.165) is 48.5 Å². The van der Waals surface area contributed by atoms with Gasteiger partial charge in [-0.05, 0) is 48.6 Å². The van der Waals surface area contributed by atoms with Crippen molar-refractivity contribution in [3.05, 3.63) is 81.8 Å². The third kappa shape index (κ3) is 5.97. The maximum absolute atomic E-state index is 12.6. The van der Waals surface area contributed by atoms with Crippen molar-refractivity contribution in [3.8, 4) is 0 Å². The quantitative estimate of drug-likeness (QED) is 0.243. The van der Waals surface area contributed by atoms with Gasteiger partial charge in [0.1, 0.15) is 10.0 Å². The smallest absolute Gasteiger partial charge is 0.229 e. The minimum atomic E-state index is 0.0147. The molecular weight excluding hydrogens is 516 g/mol. The average Bonchev–Trinajstić information content (AvgIpc) is 3.84. The first-order valence-electron chi connectivity index (χ1n) is 13.0. The molecule has 0 aliphatic heterocycles. The highest BCUT2D eigenvalue weighted by Gasteiger charge is 2.44. The summed E-state index contributed by atoms with van der Waals surface area (Å²) in [4.78, 5) is 25.1. The van der Waals surface area contributed by atoms with Gasteiger partial charge in [-0.15, -0.1) is 20.4 Å². The minimum absolute atomic E-state index is 0.0147. The fourth-order valence-electron chi connectivity index (χ4n) is 4.87. The zero-order valence-electron chi connectivity index (χ0n) is 20.7. The molecule has 2 fully saturated rings. The monoisotopic (exact) mass is 544 g/mol. The number of amides is 2. The highest BCUT2D eigenvalue weighted by Crippen LogP contribution is 2.48. The molecule has 38 heavy (non-hydrogen) atoms. The molecule has 2 N–H and O–H groups in total. The first-order valence-corrected chi connectivity index (χ1v) is 14.6. The number of rotatable bonds is 11.